The topological polar surface area (TPSA) is 22.1 Å². The molecule has 1 heterocycles. The molecule has 0 spiro atoms. The lowest BCUT2D eigenvalue weighted by atomic mass is 10.1. The van der Waals surface area contributed by atoms with Gasteiger partial charge < -0.3 is 4.52 Å². The molecule has 0 aliphatic heterocycles. The molecule has 4 aromatic rings. The molecule has 0 radical (unpaired) electrons. The normalized spacial score (nSPS) is 12.0. The van der Waals surface area contributed by atoms with Gasteiger partial charge in [-0.1, -0.05) is 97.1 Å². The van der Waals surface area contributed by atoms with Gasteiger partial charge in [0.2, 0.25) is 0 Å². The van der Waals surface area contributed by atoms with Gasteiger partial charge in [-0.2, -0.15) is 0 Å². The standard InChI is InChI=1S/C24H20NOP/c1-4-12-20(13-5-1)24(23-18-10-11-19-25-23)26-27(21-14-6-2-7-15-21)22-16-8-3-9-17-22/h1-19,24H/t24-/m1/s1. The van der Waals surface area contributed by atoms with E-state index in [4.69, 9.17) is 4.52 Å². The van der Waals surface area contributed by atoms with Gasteiger partial charge in [0.15, 0.2) is 0 Å². The van der Waals surface area contributed by atoms with E-state index >= 15 is 0 Å². The Morgan fingerprint density at radius 2 is 1.11 bits per heavy atom. The van der Waals surface area contributed by atoms with Crippen molar-refractivity contribution in [2.45, 2.75) is 6.10 Å². The van der Waals surface area contributed by atoms with Gasteiger partial charge in [-0.25, -0.2) is 0 Å². The highest BCUT2D eigenvalue weighted by Gasteiger charge is 2.24. The minimum absolute atomic E-state index is 0.223. The molecular weight excluding hydrogens is 349 g/mol. The number of aromatic nitrogens is 1. The van der Waals surface area contributed by atoms with Crippen LogP contribution in [0.2, 0.25) is 0 Å². The first kappa shape index (κ1) is 17.6. The van der Waals surface area contributed by atoms with Gasteiger partial charge in [-0.15, -0.1) is 0 Å². The summed E-state index contributed by atoms with van der Waals surface area (Å²) in [7, 11) is -0.977. The van der Waals surface area contributed by atoms with Gasteiger partial charge in [0.05, 0.1) is 13.8 Å². The molecule has 3 aromatic carbocycles. The number of pyridine rings is 1. The summed E-state index contributed by atoms with van der Waals surface area (Å²) in [5, 5.41) is 2.38. The zero-order chi connectivity index (χ0) is 18.3. The first-order chi connectivity index (χ1) is 13.4. The van der Waals surface area contributed by atoms with Crippen molar-refractivity contribution in [2.75, 3.05) is 0 Å². The van der Waals surface area contributed by atoms with E-state index in [1.54, 1.807) is 0 Å². The number of nitrogens with zero attached hydrogens (tertiary/aromatic N) is 1. The molecule has 4 rings (SSSR count). The third-order valence-corrected chi connectivity index (χ3v) is 6.21. The van der Waals surface area contributed by atoms with E-state index < -0.39 is 8.15 Å². The van der Waals surface area contributed by atoms with Crippen LogP contribution in [0.15, 0.2) is 115 Å². The summed E-state index contributed by atoms with van der Waals surface area (Å²) in [4.78, 5) is 4.58. The molecular formula is C24H20NOP. The largest absolute Gasteiger partial charge is 0.335 e. The Bertz CT molecular complexity index is 787. The van der Waals surface area contributed by atoms with Crippen molar-refractivity contribution in [1.82, 2.24) is 4.98 Å². The Labute approximate surface area is 161 Å². The Morgan fingerprint density at radius 1 is 0.593 bits per heavy atom. The van der Waals surface area contributed by atoms with Gasteiger partial charge in [0.25, 0.3) is 0 Å². The summed E-state index contributed by atoms with van der Waals surface area (Å²) in [6, 6.07) is 37.2. The minimum Gasteiger partial charge on any atom is -0.335 e. The van der Waals surface area contributed by atoms with E-state index in [1.165, 1.54) is 10.6 Å². The third kappa shape index (κ3) is 4.31. The Balaban J connectivity index is 1.77. The maximum atomic E-state index is 6.80. The molecule has 0 bridgehead atoms. The van der Waals surface area contributed by atoms with Crippen LogP contribution >= 0.6 is 8.15 Å². The van der Waals surface area contributed by atoms with E-state index in [-0.39, 0.29) is 6.10 Å². The van der Waals surface area contributed by atoms with Gasteiger partial charge in [-0.05, 0) is 17.7 Å². The summed E-state index contributed by atoms with van der Waals surface area (Å²) in [5.41, 5.74) is 2.03. The molecule has 0 aliphatic rings. The summed E-state index contributed by atoms with van der Waals surface area (Å²) < 4.78 is 6.80. The molecule has 0 unspecified atom stereocenters. The van der Waals surface area contributed by atoms with Crippen LogP contribution in [0.4, 0.5) is 0 Å². The molecule has 0 aliphatic carbocycles. The summed E-state index contributed by atoms with van der Waals surface area (Å²) in [5.74, 6) is 0. The molecule has 0 saturated heterocycles. The van der Waals surface area contributed by atoms with Crippen molar-refractivity contribution in [2.24, 2.45) is 0 Å². The lowest BCUT2D eigenvalue weighted by Crippen LogP contribution is -2.17. The second-order valence-electron chi connectivity index (χ2n) is 6.12. The second-order valence-corrected chi connectivity index (χ2v) is 7.95. The van der Waals surface area contributed by atoms with Crippen LogP contribution in [0.1, 0.15) is 17.4 Å². The zero-order valence-corrected chi connectivity index (χ0v) is 15.7. The van der Waals surface area contributed by atoms with Crippen molar-refractivity contribution in [3.63, 3.8) is 0 Å². The van der Waals surface area contributed by atoms with Crippen molar-refractivity contribution < 1.29 is 4.52 Å². The highest BCUT2D eigenvalue weighted by Crippen LogP contribution is 2.42. The number of hydrogen-bond donors (Lipinski definition) is 0. The van der Waals surface area contributed by atoms with Gasteiger partial charge in [-0.3, -0.25) is 4.98 Å². The first-order valence-electron chi connectivity index (χ1n) is 8.95. The van der Waals surface area contributed by atoms with Crippen LogP contribution < -0.4 is 10.6 Å². The van der Waals surface area contributed by atoms with Gasteiger partial charge in [0, 0.05) is 16.8 Å². The van der Waals surface area contributed by atoms with Crippen LogP contribution in [0.25, 0.3) is 0 Å². The Kier molecular flexibility index (Phi) is 5.69. The van der Waals surface area contributed by atoms with E-state index in [1.807, 2.05) is 54.7 Å². The van der Waals surface area contributed by atoms with Crippen molar-refractivity contribution in [3.05, 3.63) is 127 Å². The fraction of sp³-hybridized carbons (Fsp3) is 0.0417. The average Bonchev–Trinajstić information content (AvgIpc) is 2.77. The second kappa shape index (κ2) is 8.73. The highest BCUT2D eigenvalue weighted by atomic mass is 31.1. The molecule has 0 saturated carbocycles. The van der Waals surface area contributed by atoms with Crippen LogP contribution in [-0.2, 0) is 4.52 Å². The van der Waals surface area contributed by atoms with Crippen LogP contribution in [0.3, 0.4) is 0 Å². The molecule has 3 heteroatoms. The van der Waals surface area contributed by atoms with E-state index in [0.29, 0.717) is 0 Å². The maximum Gasteiger partial charge on any atom is 0.130 e. The molecule has 0 fully saturated rings. The summed E-state index contributed by atoms with van der Waals surface area (Å²) in [6.45, 7) is 0. The molecule has 1 aromatic heterocycles. The summed E-state index contributed by atoms with van der Waals surface area (Å²) >= 11 is 0. The highest BCUT2D eigenvalue weighted by molar-refractivity contribution is 7.68. The van der Waals surface area contributed by atoms with E-state index in [9.17, 15) is 0 Å². The number of hydrogen-bond acceptors (Lipinski definition) is 2. The molecule has 132 valence electrons. The van der Waals surface area contributed by atoms with E-state index in [0.717, 1.165) is 11.3 Å². The fourth-order valence-corrected chi connectivity index (χ4v) is 4.82. The average molecular weight is 369 g/mol. The van der Waals surface area contributed by atoms with Crippen molar-refractivity contribution in [1.29, 1.82) is 0 Å². The predicted molar refractivity (Wildman–Crippen MR) is 113 cm³/mol. The third-order valence-electron chi connectivity index (χ3n) is 4.25. The monoisotopic (exact) mass is 369 g/mol. The van der Waals surface area contributed by atoms with Crippen molar-refractivity contribution >= 4 is 18.8 Å². The first-order valence-corrected chi connectivity index (χ1v) is 10.2. The van der Waals surface area contributed by atoms with Crippen molar-refractivity contribution in [3.8, 4) is 0 Å². The maximum absolute atomic E-state index is 6.80. The lowest BCUT2D eigenvalue weighted by Gasteiger charge is -2.25. The predicted octanol–water partition coefficient (Wildman–Crippen LogP) is 5.24. The Morgan fingerprint density at radius 3 is 1.63 bits per heavy atom. The lowest BCUT2D eigenvalue weighted by molar-refractivity contribution is 0.278. The minimum atomic E-state index is -0.977. The smallest absolute Gasteiger partial charge is 0.130 e. The zero-order valence-electron chi connectivity index (χ0n) is 14.8. The molecule has 0 amide bonds. The van der Waals surface area contributed by atoms with Gasteiger partial charge in [0.1, 0.15) is 6.10 Å². The molecule has 1 atom stereocenters. The fourth-order valence-electron chi connectivity index (χ4n) is 2.95. The number of rotatable bonds is 6. The summed E-state index contributed by atoms with van der Waals surface area (Å²) in [6.07, 6.45) is 1.60. The Hall–Kier alpha value is -2.80. The molecule has 2 nitrogen and oxygen atoms in total. The van der Waals surface area contributed by atoms with Crippen LogP contribution in [0.5, 0.6) is 0 Å². The van der Waals surface area contributed by atoms with Gasteiger partial charge >= 0.3 is 0 Å². The molecule has 0 N–H and O–H groups in total. The number of benzene rings is 3. The quantitative estimate of drug-likeness (QED) is 0.434. The molecule has 27 heavy (non-hydrogen) atoms. The van der Waals surface area contributed by atoms with E-state index in [2.05, 4.69) is 65.6 Å². The van der Waals surface area contributed by atoms with Crippen LogP contribution in [-0.4, -0.2) is 4.98 Å². The SMILES string of the molecule is c1ccc([C@@H](OP(c2ccccc2)c2ccccc2)c2ccccn2)cc1. The van der Waals surface area contributed by atoms with Crippen LogP contribution in [0, 0.1) is 0 Å².